The molecule has 1 saturated heterocycles. The Hall–Kier alpha value is -2.09. The normalized spacial score (nSPS) is 15.6. The fourth-order valence-corrected chi connectivity index (χ4v) is 4.78. The van der Waals surface area contributed by atoms with E-state index in [1.54, 1.807) is 47.4 Å². The van der Waals surface area contributed by atoms with Gasteiger partial charge in [0.25, 0.3) is 10.0 Å². The third-order valence-electron chi connectivity index (χ3n) is 4.70. The fraction of sp³-hybridized carbons (Fsp3) is 0.316. The van der Waals surface area contributed by atoms with Gasteiger partial charge in [-0.05, 0) is 24.3 Å². The van der Waals surface area contributed by atoms with Crippen molar-refractivity contribution in [1.82, 2.24) is 4.90 Å². The minimum Gasteiger partial charge on any atom is -0.334 e. The summed E-state index contributed by atoms with van der Waals surface area (Å²) >= 11 is 6.27. The second-order valence-corrected chi connectivity index (χ2v) is 8.88. The van der Waals surface area contributed by atoms with Crippen LogP contribution in [-0.2, 0) is 14.8 Å². The van der Waals surface area contributed by atoms with Crippen LogP contribution in [0.3, 0.4) is 0 Å². The van der Waals surface area contributed by atoms with Crippen LogP contribution in [0.1, 0.15) is 0 Å². The summed E-state index contributed by atoms with van der Waals surface area (Å²) in [5.74, 6) is -0.220. The molecule has 2 aromatic carbocycles. The first-order valence-corrected chi connectivity index (χ1v) is 10.6. The molecular formula is C19H23ClN3O3S+. The monoisotopic (exact) mass is 408 g/mol. The first-order chi connectivity index (χ1) is 12.9. The van der Waals surface area contributed by atoms with Crippen LogP contribution >= 0.6 is 11.6 Å². The van der Waals surface area contributed by atoms with Gasteiger partial charge in [-0.2, -0.15) is 0 Å². The van der Waals surface area contributed by atoms with Crippen LogP contribution in [0.25, 0.3) is 0 Å². The highest BCUT2D eigenvalue weighted by Gasteiger charge is 2.31. The quantitative estimate of drug-likeness (QED) is 0.799. The van der Waals surface area contributed by atoms with Crippen molar-refractivity contribution in [2.75, 3.05) is 44.1 Å². The van der Waals surface area contributed by atoms with Crippen LogP contribution in [0.4, 0.5) is 5.69 Å². The minimum absolute atomic E-state index is 0.126. The van der Waals surface area contributed by atoms with Crippen molar-refractivity contribution in [3.05, 3.63) is 59.6 Å². The number of halogens is 1. The Morgan fingerprint density at radius 2 is 1.67 bits per heavy atom. The number of amides is 1. The maximum atomic E-state index is 13.2. The molecule has 0 bridgehead atoms. The highest BCUT2D eigenvalue weighted by Crippen LogP contribution is 2.30. The predicted octanol–water partition coefficient (Wildman–Crippen LogP) is 0.892. The molecular weight excluding hydrogens is 386 g/mol. The average Bonchev–Trinajstić information content (AvgIpc) is 2.68. The maximum absolute atomic E-state index is 13.2. The number of carbonyl (C=O) groups is 1. The van der Waals surface area contributed by atoms with Crippen LogP contribution in [-0.4, -0.2) is 59.0 Å². The molecule has 2 aromatic rings. The van der Waals surface area contributed by atoms with Gasteiger partial charge in [-0.15, -0.1) is 0 Å². The SMILES string of the molecule is C[NH+]1CCN(C(=O)CN(c2ccccc2Cl)S(=O)(=O)c2ccccc2)CC1. The summed E-state index contributed by atoms with van der Waals surface area (Å²) in [5, 5.41) is 0.285. The summed E-state index contributed by atoms with van der Waals surface area (Å²) in [5.41, 5.74) is 0.302. The predicted molar refractivity (Wildman–Crippen MR) is 106 cm³/mol. The number of sulfonamides is 1. The van der Waals surface area contributed by atoms with E-state index < -0.39 is 10.0 Å². The molecule has 0 radical (unpaired) electrons. The zero-order valence-electron chi connectivity index (χ0n) is 15.1. The van der Waals surface area contributed by atoms with E-state index in [1.807, 2.05) is 0 Å². The summed E-state index contributed by atoms with van der Waals surface area (Å²) in [6.45, 7) is 2.66. The number of hydrogen-bond acceptors (Lipinski definition) is 3. The Morgan fingerprint density at radius 3 is 2.30 bits per heavy atom. The van der Waals surface area contributed by atoms with Crippen molar-refractivity contribution in [3.63, 3.8) is 0 Å². The molecule has 1 aliphatic rings. The molecule has 0 aliphatic carbocycles. The Morgan fingerprint density at radius 1 is 1.07 bits per heavy atom. The van der Waals surface area contributed by atoms with Crippen molar-refractivity contribution in [3.8, 4) is 0 Å². The first kappa shape index (κ1) is 19.7. The molecule has 1 aliphatic heterocycles. The van der Waals surface area contributed by atoms with Crippen molar-refractivity contribution in [2.24, 2.45) is 0 Å². The number of quaternary nitrogens is 1. The average molecular weight is 409 g/mol. The van der Waals surface area contributed by atoms with E-state index in [4.69, 9.17) is 11.6 Å². The zero-order valence-corrected chi connectivity index (χ0v) is 16.7. The molecule has 144 valence electrons. The van der Waals surface area contributed by atoms with E-state index in [0.717, 1.165) is 17.4 Å². The molecule has 3 rings (SSSR count). The molecule has 0 unspecified atom stereocenters. The Bertz CT molecular complexity index is 897. The van der Waals surface area contributed by atoms with E-state index in [1.165, 1.54) is 17.0 Å². The summed E-state index contributed by atoms with van der Waals surface area (Å²) in [6.07, 6.45) is 0. The van der Waals surface area contributed by atoms with Gasteiger partial charge in [-0.25, -0.2) is 8.42 Å². The van der Waals surface area contributed by atoms with Gasteiger partial charge in [-0.3, -0.25) is 9.10 Å². The van der Waals surface area contributed by atoms with Gasteiger partial charge in [0.2, 0.25) is 5.91 Å². The van der Waals surface area contributed by atoms with Crippen molar-refractivity contribution >= 4 is 33.2 Å². The molecule has 0 atom stereocenters. The number of nitrogens with zero attached hydrogens (tertiary/aromatic N) is 2. The van der Waals surface area contributed by atoms with Gasteiger partial charge in [0.05, 0.1) is 48.8 Å². The van der Waals surface area contributed by atoms with Gasteiger partial charge in [0, 0.05) is 0 Å². The lowest BCUT2D eigenvalue weighted by Crippen LogP contribution is -3.12. The third-order valence-corrected chi connectivity index (χ3v) is 6.79. The number of carbonyl (C=O) groups excluding carboxylic acids is 1. The number of piperazine rings is 1. The number of likely N-dealkylation sites (N-methyl/N-ethyl adjacent to an activating group) is 1. The Balaban J connectivity index is 1.94. The van der Waals surface area contributed by atoms with E-state index in [9.17, 15) is 13.2 Å². The highest BCUT2D eigenvalue weighted by molar-refractivity contribution is 7.92. The van der Waals surface area contributed by atoms with Crippen molar-refractivity contribution in [2.45, 2.75) is 4.90 Å². The molecule has 1 N–H and O–H groups in total. The van der Waals surface area contributed by atoms with Gasteiger partial charge >= 0.3 is 0 Å². The second-order valence-electron chi connectivity index (χ2n) is 6.61. The number of benzene rings is 2. The molecule has 1 fully saturated rings. The van der Waals surface area contributed by atoms with E-state index >= 15 is 0 Å². The van der Waals surface area contributed by atoms with Gasteiger partial charge in [0.15, 0.2) is 0 Å². The zero-order chi connectivity index (χ0) is 19.4. The minimum atomic E-state index is -3.92. The number of anilines is 1. The van der Waals surface area contributed by atoms with Crippen LogP contribution in [0.15, 0.2) is 59.5 Å². The van der Waals surface area contributed by atoms with E-state index in [2.05, 4.69) is 7.05 Å². The van der Waals surface area contributed by atoms with Crippen LogP contribution in [0.5, 0.6) is 0 Å². The molecule has 0 saturated carbocycles. The second kappa shape index (κ2) is 8.29. The summed E-state index contributed by atoms with van der Waals surface area (Å²) in [7, 11) is -1.84. The van der Waals surface area contributed by atoms with E-state index in [0.29, 0.717) is 18.8 Å². The topological polar surface area (TPSA) is 62.1 Å². The summed E-state index contributed by atoms with van der Waals surface area (Å²) in [6, 6.07) is 14.8. The van der Waals surface area contributed by atoms with E-state index in [-0.39, 0.29) is 22.4 Å². The summed E-state index contributed by atoms with van der Waals surface area (Å²) in [4.78, 5) is 16.1. The molecule has 6 nitrogen and oxygen atoms in total. The smallest absolute Gasteiger partial charge is 0.264 e. The lowest BCUT2D eigenvalue weighted by Gasteiger charge is -2.32. The first-order valence-electron chi connectivity index (χ1n) is 8.81. The largest absolute Gasteiger partial charge is 0.334 e. The highest BCUT2D eigenvalue weighted by atomic mass is 35.5. The third kappa shape index (κ3) is 4.43. The van der Waals surface area contributed by atoms with Crippen LogP contribution in [0, 0.1) is 0 Å². The maximum Gasteiger partial charge on any atom is 0.264 e. The molecule has 0 spiro atoms. The van der Waals surface area contributed by atoms with Crippen LogP contribution in [0.2, 0.25) is 5.02 Å². The number of nitrogens with one attached hydrogen (secondary N) is 1. The standard InChI is InChI=1S/C19H22ClN3O3S/c1-21-11-13-22(14-12-21)19(24)15-23(18-10-6-5-9-17(18)20)27(25,26)16-7-3-2-4-8-16/h2-10H,11-15H2,1H3/p+1. The lowest BCUT2D eigenvalue weighted by molar-refractivity contribution is -0.883. The molecule has 0 aromatic heterocycles. The molecule has 27 heavy (non-hydrogen) atoms. The fourth-order valence-electron chi connectivity index (χ4n) is 3.03. The molecule has 1 heterocycles. The number of para-hydroxylation sites is 1. The van der Waals surface area contributed by atoms with Gasteiger partial charge in [-0.1, -0.05) is 41.9 Å². The van der Waals surface area contributed by atoms with Crippen molar-refractivity contribution in [1.29, 1.82) is 0 Å². The van der Waals surface area contributed by atoms with Gasteiger partial charge < -0.3 is 9.80 Å². The Labute approximate surface area is 165 Å². The molecule has 8 heteroatoms. The number of hydrogen-bond donors (Lipinski definition) is 1. The number of rotatable bonds is 5. The Kier molecular flexibility index (Phi) is 6.04. The van der Waals surface area contributed by atoms with Crippen molar-refractivity contribution < 1.29 is 18.1 Å². The van der Waals surface area contributed by atoms with Gasteiger partial charge in [0.1, 0.15) is 6.54 Å². The van der Waals surface area contributed by atoms with Crippen LogP contribution < -0.4 is 9.21 Å². The summed E-state index contributed by atoms with van der Waals surface area (Å²) < 4.78 is 27.6. The molecule has 1 amide bonds. The lowest BCUT2D eigenvalue weighted by atomic mass is 10.3.